The molecular formula is C28H26N4O4S2. The summed E-state index contributed by atoms with van der Waals surface area (Å²) in [5, 5.41) is 13.5. The number of amides is 1. The van der Waals surface area contributed by atoms with Crippen LogP contribution in [0.1, 0.15) is 22.4 Å². The van der Waals surface area contributed by atoms with E-state index in [1.54, 1.807) is 25.1 Å². The summed E-state index contributed by atoms with van der Waals surface area (Å²) in [4.78, 5) is 27.9. The van der Waals surface area contributed by atoms with Crippen molar-refractivity contribution in [3.8, 4) is 28.8 Å². The Morgan fingerprint density at radius 3 is 2.79 bits per heavy atom. The number of anilines is 1. The number of thioether (sulfide) groups is 2. The fraction of sp³-hybridized carbons (Fsp3) is 0.214. The lowest BCUT2D eigenvalue weighted by atomic mass is 9.99. The van der Waals surface area contributed by atoms with Crippen molar-refractivity contribution in [2.75, 3.05) is 24.4 Å². The number of carbonyl (C=O) groups is 1. The van der Waals surface area contributed by atoms with Gasteiger partial charge in [0.05, 0.1) is 36.3 Å². The van der Waals surface area contributed by atoms with Crippen LogP contribution in [0.5, 0.6) is 17.4 Å². The van der Waals surface area contributed by atoms with Gasteiger partial charge in [0.25, 0.3) is 0 Å². The number of aryl methyl sites for hydroxylation is 1. The van der Waals surface area contributed by atoms with E-state index in [1.165, 1.54) is 11.8 Å². The largest absolute Gasteiger partial charge is 0.496 e. The molecule has 0 spiro atoms. The maximum absolute atomic E-state index is 12.9. The lowest BCUT2D eigenvalue weighted by Gasteiger charge is -2.24. The fourth-order valence-corrected chi connectivity index (χ4v) is 5.48. The zero-order valence-corrected chi connectivity index (χ0v) is 22.8. The van der Waals surface area contributed by atoms with Gasteiger partial charge >= 0.3 is 0 Å². The summed E-state index contributed by atoms with van der Waals surface area (Å²) in [5.41, 5.74) is 4.47. The summed E-state index contributed by atoms with van der Waals surface area (Å²) >= 11 is 2.94. The van der Waals surface area contributed by atoms with Gasteiger partial charge in [0.2, 0.25) is 11.8 Å². The van der Waals surface area contributed by atoms with Crippen LogP contribution >= 0.6 is 23.5 Å². The van der Waals surface area contributed by atoms with Crippen molar-refractivity contribution >= 4 is 35.1 Å². The van der Waals surface area contributed by atoms with E-state index < -0.39 is 0 Å². The summed E-state index contributed by atoms with van der Waals surface area (Å²) in [6, 6.07) is 15.2. The average molecular weight is 547 g/mol. The molecule has 8 nitrogen and oxygen atoms in total. The molecule has 1 amide bonds. The highest BCUT2D eigenvalue weighted by Gasteiger charge is 2.28. The number of benzene rings is 2. The van der Waals surface area contributed by atoms with E-state index in [4.69, 9.17) is 19.4 Å². The molecule has 0 saturated carbocycles. The maximum atomic E-state index is 12.9. The first kappa shape index (κ1) is 26.0. The Morgan fingerprint density at radius 2 is 2.00 bits per heavy atom. The Labute approximate surface area is 229 Å². The number of aromatic nitrogens is 3. The first-order valence-corrected chi connectivity index (χ1v) is 14.1. The monoisotopic (exact) mass is 546 g/mol. The number of ether oxygens (including phenoxy) is 2. The van der Waals surface area contributed by atoms with Gasteiger partial charge in [0, 0.05) is 34.3 Å². The van der Waals surface area contributed by atoms with Gasteiger partial charge in [-0.2, -0.15) is 4.98 Å². The third-order valence-electron chi connectivity index (χ3n) is 6.10. The molecule has 0 fully saturated rings. The highest BCUT2D eigenvalue weighted by molar-refractivity contribution is 8.00. The van der Waals surface area contributed by atoms with Crippen molar-refractivity contribution in [3.05, 3.63) is 77.1 Å². The van der Waals surface area contributed by atoms with Crippen LogP contribution in [-0.4, -0.2) is 45.1 Å². The number of hydrogen-bond donors (Lipinski definition) is 2. The van der Waals surface area contributed by atoms with Crippen LogP contribution in [0.25, 0.3) is 11.4 Å². The number of methoxy groups -OCH3 is 1. The topological polar surface area (TPSA) is 106 Å². The van der Waals surface area contributed by atoms with E-state index in [0.717, 1.165) is 21.7 Å². The number of aliphatic hydroxyl groups is 1. The van der Waals surface area contributed by atoms with Gasteiger partial charge in [0.15, 0.2) is 11.6 Å². The molecule has 4 aromatic rings. The molecule has 0 unspecified atom stereocenters. The van der Waals surface area contributed by atoms with E-state index in [1.807, 2.05) is 61.7 Å². The lowest BCUT2D eigenvalue weighted by Crippen LogP contribution is -2.16. The molecule has 2 N–H and O–H groups in total. The average Bonchev–Trinajstić information content (AvgIpc) is 2.95. The molecule has 0 radical (unpaired) electrons. The number of hydrogen-bond acceptors (Lipinski definition) is 9. The number of para-hydroxylation sites is 1. The van der Waals surface area contributed by atoms with Gasteiger partial charge in [-0.3, -0.25) is 9.78 Å². The van der Waals surface area contributed by atoms with Crippen molar-refractivity contribution in [1.29, 1.82) is 0 Å². The SMILES string of the molecule is COc1ccccc1-c1nc2c(c(SCC(=O)Nc3cccc(SC)c3)n1)Cc1c(CO)cnc(C)c1O2. The Bertz CT molecular complexity index is 1510. The van der Waals surface area contributed by atoms with Crippen molar-refractivity contribution < 1.29 is 19.4 Å². The molecule has 2 aromatic carbocycles. The Hall–Kier alpha value is -3.60. The van der Waals surface area contributed by atoms with E-state index in [9.17, 15) is 9.90 Å². The molecule has 2 aromatic heterocycles. The first-order chi connectivity index (χ1) is 18.5. The quantitative estimate of drug-likeness (QED) is 0.193. The second-order valence-corrected chi connectivity index (χ2v) is 10.4. The third-order valence-corrected chi connectivity index (χ3v) is 7.84. The molecule has 0 aliphatic carbocycles. The number of pyridine rings is 1. The van der Waals surface area contributed by atoms with Gasteiger partial charge in [-0.15, -0.1) is 11.8 Å². The van der Waals surface area contributed by atoms with Crippen molar-refractivity contribution in [2.45, 2.75) is 29.9 Å². The summed E-state index contributed by atoms with van der Waals surface area (Å²) in [6.45, 7) is 1.70. The van der Waals surface area contributed by atoms with Gasteiger partial charge in [0.1, 0.15) is 10.8 Å². The van der Waals surface area contributed by atoms with Gasteiger partial charge in [-0.05, 0) is 43.5 Å². The Balaban J connectivity index is 1.50. The van der Waals surface area contributed by atoms with Crippen LogP contribution in [0.3, 0.4) is 0 Å². The summed E-state index contributed by atoms with van der Waals surface area (Å²) in [6.07, 6.45) is 4.11. The normalized spacial score (nSPS) is 11.8. The minimum absolute atomic E-state index is 0.146. The molecule has 0 bridgehead atoms. The number of fused-ring (bicyclic) bond motifs is 2. The van der Waals surface area contributed by atoms with Gasteiger partial charge < -0.3 is 19.9 Å². The standard InChI is InChI=1S/C28H26N4O4S2/c1-16-25-21(17(14-33)13-29-16)12-22-27(36-25)31-26(20-9-4-5-10-23(20)35-2)32-28(22)38-15-24(34)30-18-7-6-8-19(11-18)37-3/h4-11,13,33H,12,14-15H2,1-3H3,(H,30,34). The number of carbonyl (C=O) groups excluding carboxylic acids is 1. The second kappa shape index (κ2) is 11.4. The predicted molar refractivity (Wildman–Crippen MR) is 149 cm³/mol. The fourth-order valence-electron chi connectivity index (χ4n) is 4.19. The highest BCUT2D eigenvalue weighted by Crippen LogP contribution is 2.43. The first-order valence-electron chi connectivity index (χ1n) is 11.9. The lowest BCUT2D eigenvalue weighted by molar-refractivity contribution is -0.113. The van der Waals surface area contributed by atoms with E-state index in [-0.39, 0.29) is 18.3 Å². The third kappa shape index (κ3) is 5.33. The van der Waals surface area contributed by atoms with Crippen molar-refractivity contribution in [3.63, 3.8) is 0 Å². The zero-order chi connectivity index (χ0) is 26.6. The number of nitrogens with zero attached hydrogens (tertiary/aromatic N) is 3. The summed E-state index contributed by atoms with van der Waals surface area (Å²) in [5.74, 6) is 2.07. The molecule has 3 heterocycles. The molecule has 0 saturated heterocycles. The molecule has 38 heavy (non-hydrogen) atoms. The number of nitrogens with one attached hydrogen (secondary N) is 1. The zero-order valence-electron chi connectivity index (χ0n) is 21.1. The van der Waals surface area contributed by atoms with Crippen LogP contribution < -0.4 is 14.8 Å². The molecule has 1 aliphatic heterocycles. The smallest absolute Gasteiger partial charge is 0.234 e. The van der Waals surface area contributed by atoms with E-state index >= 15 is 0 Å². The van der Waals surface area contributed by atoms with Crippen LogP contribution in [0.2, 0.25) is 0 Å². The summed E-state index contributed by atoms with van der Waals surface area (Å²) in [7, 11) is 1.60. The van der Waals surface area contributed by atoms with Gasteiger partial charge in [-0.1, -0.05) is 30.0 Å². The van der Waals surface area contributed by atoms with Crippen molar-refractivity contribution in [1.82, 2.24) is 15.0 Å². The minimum atomic E-state index is -0.158. The van der Waals surface area contributed by atoms with Gasteiger partial charge in [-0.25, -0.2) is 4.98 Å². The molecule has 1 aliphatic rings. The Morgan fingerprint density at radius 1 is 1.16 bits per heavy atom. The van der Waals surface area contributed by atoms with Crippen LogP contribution in [0.4, 0.5) is 5.69 Å². The molecule has 10 heteroatoms. The van der Waals surface area contributed by atoms with E-state index in [2.05, 4.69) is 10.3 Å². The number of rotatable bonds is 8. The van der Waals surface area contributed by atoms with E-state index in [0.29, 0.717) is 51.5 Å². The summed E-state index contributed by atoms with van der Waals surface area (Å²) < 4.78 is 11.8. The molecule has 0 atom stereocenters. The minimum Gasteiger partial charge on any atom is -0.496 e. The molecule has 5 rings (SSSR count). The van der Waals surface area contributed by atoms with Crippen LogP contribution in [-0.2, 0) is 17.8 Å². The predicted octanol–water partition coefficient (Wildman–Crippen LogP) is 5.50. The Kier molecular flexibility index (Phi) is 7.82. The maximum Gasteiger partial charge on any atom is 0.234 e. The van der Waals surface area contributed by atoms with Crippen LogP contribution in [0, 0.1) is 6.92 Å². The highest BCUT2D eigenvalue weighted by atomic mass is 32.2. The number of aliphatic hydroxyl groups excluding tert-OH is 1. The molecular weight excluding hydrogens is 520 g/mol. The molecule has 194 valence electrons. The van der Waals surface area contributed by atoms with Crippen LogP contribution in [0.15, 0.2) is 64.6 Å². The second-order valence-electron chi connectivity index (χ2n) is 8.52. The van der Waals surface area contributed by atoms with Crippen molar-refractivity contribution in [2.24, 2.45) is 0 Å².